The van der Waals surface area contributed by atoms with Crippen LogP contribution in [-0.4, -0.2) is 47.4 Å². The molecule has 0 bridgehead atoms. The molecule has 2 saturated heterocycles. The number of halogens is 1. The van der Waals surface area contributed by atoms with Gasteiger partial charge in [-0.2, -0.15) is 11.8 Å². The van der Waals surface area contributed by atoms with E-state index in [9.17, 15) is 9.59 Å². The summed E-state index contributed by atoms with van der Waals surface area (Å²) in [6.45, 7) is 4.77. The second kappa shape index (κ2) is 11.6. The molecule has 2 rings (SSSR count). The van der Waals surface area contributed by atoms with Crippen molar-refractivity contribution in [2.24, 2.45) is 0 Å². The van der Waals surface area contributed by atoms with Crippen molar-refractivity contribution < 1.29 is 9.59 Å². The number of alkyl halides is 1. The molecule has 152 valence electrons. The maximum absolute atomic E-state index is 12.0. The number of carbonyl (C=O) groups excluding carboxylic acids is 2. The number of fused-ring (bicyclic) bond motifs is 1. The Morgan fingerprint density at radius 2 is 2.04 bits per heavy atom. The maximum Gasteiger partial charge on any atom is 0.315 e. The first-order valence-corrected chi connectivity index (χ1v) is 11.4. The number of urea groups is 1. The Morgan fingerprint density at radius 3 is 2.81 bits per heavy atom. The lowest BCUT2D eigenvalue weighted by Gasteiger charge is -2.16. The number of thioether (sulfide) groups is 1. The SMILES string of the molecule is C/C(=C\CCl)CC/C=C(\C)CNC(=O)CCCC[C@@H]1SC[C@@H]2NC(=O)N[C@@H]21. The summed E-state index contributed by atoms with van der Waals surface area (Å²) in [5.74, 6) is 1.67. The summed E-state index contributed by atoms with van der Waals surface area (Å²) in [4.78, 5) is 23.4. The van der Waals surface area contributed by atoms with Gasteiger partial charge < -0.3 is 16.0 Å². The van der Waals surface area contributed by atoms with E-state index in [-0.39, 0.29) is 24.0 Å². The zero-order chi connectivity index (χ0) is 19.6. The first-order chi connectivity index (χ1) is 13.0. The number of allylic oxidation sites excluding steroid dienone is 3. The molecule has 0 radical (unpaired) electrons. The van der Waals surface area contributed by atoms with Crippen LogP contribution in [0.2, 0.25) is 0 Å². The van der Waals surface area contributed by atoms with Gasteiger partial charge in [-0.1, -0.05) is 29.7 Å². The average molecular weight is 414 g/mol. The Bertz CT molecular complexity index is 580. The molecule has 0 aromatic heterocycles. The van der Waals surface area contributed by atoms with Crippen LogP contribution >= 0.6 is 23.4 Å². The zero-order valence-corrected chi connectivity index (χ0v) is 17.9. The molecule has 2 fully saturated rings. The summed E-state index contributed by atoms with van der Waals surface area (Å²) in [6, 6.07) is 0.495. The van der Waals surface area contributed by atoms with E-state index in [4.69, 9.17) is 11.6 Å². The summed E-state index contributed by atoms with van der Waals surface area (Å²) < 4.78 is 0. The van der Waals surface area contributed by atoms with E-state index >= 15 is 0 Å². The number of amides is 3. The summed E-state index contributed by atoms with van der Waals surface area (Å²) in [5, 5.41) is 9.44. The zero-order valence-electron chi connectivity index (χ0n) is 16.4. The fourth-order valence-corrected chi connectivity index (χ4v) is 5.26. The van der Waals surface area contributed by atoms with E-state index in [1.807, 2.05) is 17.8 Å². The van der Waals surface area contributed by atoms with Crippen LogP contribution in [0.3, 0.4) is 0 Å². The fourth-order valence-electron chi connectivity index (χ4n) is 3.45. The van der Waals surface area contributed by atoms with Gasteiger partial charge >= 0.3 is 6.03 Å². The molecule has 2 aliphatic rings. The lowest BCUT2D eigenvalue weighted by molar-refractivity contribution is -0.121. The van der Waals surface area contributed by atoms with Crippen molar-refractivity contribution in [2.75, 3.05) is 18.2 Å². The van der Waals surface area contributed by atoms with Crippen molar-refractivity contribution in [3.8, 4) is 0 Å². The molecule has 7 heteroatoms. The summed E-state index contributed by atoms with van der Waals surface area (Å²) in [5.41, 5.74) is 2.50. The van der Waals surface area contributed by atoms with Gasteiger partial charge in [-0.05, 0) is 39.5 Å². The van der Waals surface area contributed by atoms with Crippen LogP contribution < -0.4 is 16.0 Å². The molecule has 0 saturated carbocycles. The van der Waals surface area contributed by atoms with Gasteiger partial charge in [0.1, 0.15) is 0 Å². The summed E-state index contributed by atoms with van der Waals surface area (Å²) in [6.07, 6.45) is 9.74. The van der Waals surface area contributed by atoms with E-state index in [1.54, 1.807) is 0 Å². The van der Waals surface area contributed by atoms with E-state index in [1.165, 1.54) is 11.1 Å². The lowest BCUT2D eigenvalue weighted by atomic mass is 10.0. The largest absolute Gasteiger partial charge is 0.352 e. The quantitative estimate of drug-likeness (QED) is 0.209. The maximum atomic E-state index is 12.0. The number of unbranched alkanes of at least 4 members (excludes halogenated alkanes) is 1. The fraction of sp³-hybridized carbons (Fsp3) is 0.700. The van der Waals surface area contributed by atoms with E-state index in [2.05, 4.69) is 35.9 Å². The molecular formula is C20H32ClN3O2S. The molecule has 27 heavy (non-hydrogen) atoms. The van der Waals surface area contributed by atoms with Crippen molar-refractivity contribution in [3.63, 3.8) is 0 Å². The van der Waals surface area contributed by atoms with Gasteiger partial charge in [0.05, 0.1) is 12.1 Å². The molecule has 0 unspecified atom stereocenters. The summed E-state index contributed by atoms with van der Waals surface area (Å²) >= 11 is 7.61. The van der Waals surface area contributed by atoms with Gasteiger partial charge in [0.25, 0.3) is 0 Å². The molecule has 5 nitrogen and oxygen atoms in total. The van der Waals surface area contributed by atoms with Gasteiger partial charge in [0.2, 0.25) is 5.91 Å². The average Bonchev–Trinajstić information content (AvgIpc) is 3.16. The highest BCUT2D eigenvalue weighted by Gasteiger charge is 2.42. The van der Waals surface area contributed by atoms with Gasteiger partial charge in [-0.3, -0.25) is 4.79 Å². The van der Waals surface area contributed by atoms with Crippen LogP contribution in [0.1, 0.15) is 52.4 Å². The Hall–Kier alpha value is -1.14. The number of hydrogen-bond acceptors (Lipinski definition) is 3. The van der Waals surface area contributed by atoms with Gasteiger partial charge in [-0.25, -0.2) is 4.79 Å². The van der Waals surface area contributed by atoms with E-state index < -0.39 is 0 Å². The van der Waals surface area contributed by atoms with Crippen molar-refractivity contribution in [3.05, 3.63) is 23.3 Å². The molecule has 0 aromatic carbocycles. The van der Waals surface area contributed by atoms with Crippen molar-refractivity contribution in [1.82, 2.24) is 16.0 Å². The Balaban J connectivity index is 1.53. The predicted octanol–water partition coefficient (Wildman–Crippen LogP) is 3.74. The summed E-state index contributed by atoms with van der Waals surface area (Å²) in [7, 11) is 0. The van der Waals surface area contributed by atoms with Crippen molar-refractivity contribution >= 4 is 35.3 Å². The molecule has 0 spiro atoms. The molecule has 2 heterocycles. The number of rotatable bonds is 11. The third kappa shape index (κ3) is 7.78. The highest BCUT2D eigenvalue weighted by Crippen LogP contribution is 2.33. The first-order valence-electron chi connectivity index (χ1n) is 9.82. The minimum absolute atomic E-state index is 0.0386. The smallest absolute Gasteiger partial charge is 0.315 e. The number of carbonyl (C=O) groups is 2. The molecular weight excluding hydrogens is 382 g/mol. The van der Waals surface area contributed by atoms with Gasteiger partial charge in [-0.15, -0.1) is 11.6 Å². The van der Waals surface area contributed by atoms with Gasteiger partial charge in [0.15, 0.2) is 0 Å². The molecule has 3 N–H and O–H groups in total. The minimum Gasteiger partial charge on any atom is -0.352 e. The Morgan fingerprint density at radius 1 is 1.22 bits per heavy atom. The molecule has 2 aliphatic heterocycles. The standard InChI is InChI=1S/C20H32ClN3O2S/c1-14(10-11-21)6-5-7-15(2)12-22-18(25)9-4-3-8-17-19-16(13-27-17)23-20(26)24-19/h7,10,16-17,19H,3-6,8-9,11-13H2,1-2H3,(H,22,25)(H2,23,24,26)/b14-10+,15-7+/t16-,17-,19-/m0/s1. The number of nitrogens with one attached hydrogen (secondary N) is 3. The number of hydrogen-bond donors (Lipinski definition) is 3. The highest BCUT2D eigenvalue weighted by molar-refractivity contribution is 8.00. The van der Waals surface area contributed by atoms with E-state index in [0.717, 1.165) is 37.9 Å². The van der Waals surface area contributed by atoms with Crippen LogP contribution in [-0.2, 0) is 4.79 Å². The van der Waals surface area contributed by atoms with Crippen molar-refractivity contribution in [2.45, 2.75) is 69.7 Å². The molecule has 3 amide bonds. The normalized spacial score (nSPS) is 25.1. The third-order valence-electron chi connectivity index (χ3n) is 5.10. The lowest BCUT2D eigenvalue weighted by Crippen LogP contribution is -2.36. The predicted molar refractivity (Wildman–Crippen MR) is 114 cm³/mol. The van der Waals surface area contributed by atoms with Crippen molar-refractivity contribution in [1.29, 1.82) is 0 Å². The van der Waals surface area contributed by atoms with Crippen LogP contribution in [0.25, 0.3) is 0 Å². The third-order valence-corrected chi connectivity index (χ3v) is 6.77. The van der Waals surface area contributed by atoms with E-state index in [0.29, 0.717) is 24.1 Å². The van der Waals surface area contributed by atoms with Crippen LogP contribution in [0.15, 0.2) is 23.3 Å². The monoisotopic (exact) mass is 413 g/mol. The second-order valence-electron chi connectivity index (χ2n) is 7.44. The Labute approximate surface area is 172 Å². The second-order valence-corrected chi connectivity index (χ2v) is 9.02. The molecule has 0 aromatic rings. The Kier molecular flexibility index (Phi) is 9.56. The van der Waals surface area contributed by atoms with Gasteiger partial charge in [0, 0.05) is 29.8 Å². The molecule has 3 atom stereocenters. The highest BCUT2D eigenvalue weighted by atomic mass is 35.5. The first kappa shape index (κ1) is 22.2. The topological polar surface area (TPSA) is 70.2 Å². The molecule has 0 aliphatic carbocycles. The van der Waals surface area contributed by atoms with Crippen LogP contribution in [0, 0.1) is 0 Å². The minimum atomic E-state index is -0.0386. The van der Waals surface area contributed by atoms with Crippen LogP contribution in [0.5, 0.6) is 0 Å². The van der Waals surface area contributed by atoms with Crippen LogP contribution in [0.4, 0.5) is 4.79 Å².